The monoisotopic (exact) mass is 315 g/mol. The predicted octanol–water partition coefficient (Wildman–Crippen LogP) is 1.88. The number of benzene rings is 1. The van der Waals surface area contributed by atoms with Gasteiger partial charge in [0.05, 0.1) is 13.0 Å². The van der Waals surface area contributed by atoms with Gasteiger partial charge in [0.25, 0.3) is 0 Å². The van der Waals surface area contributed by atoms with Crippen LogP contribution in [0.1, 0.15) is 30.4 Å². The molecule has 2 fully saturated rings. The van der Waals surface area contributed by atoms with Gasteiger partial charge in [-0.1, -0.05) is 18.6 Å². The van der Waals surface area contributed by atoms with Crippen molar-refractivity contribution >= 4 is 11.9 Å². The van der Waals surface area contributed by atoms with Crippen molar-refractivity contribution in [1.82, 2.24) is 4.90 Å². The van der Waals surface area contributed by atoms with Crippen LogP contribution < -0.4 is 4.74 Å². The third kappa shape index (κ3) is 2.48. The van der Waals surface area contributed by atoms with E-state index < -0.39 is 12.0 Å². The van der Waals surface area contributed by atoms with Crippen LogP contribution in [0.5, 0.6) is 5.75 Å². The van der Waals surface area contributed by atoms with E-state index in [4.69, 9.17) is 4.74 Å². The minimum Gasteiger partial charge on any atom is -0.493 e. The lowest BCUT2D eigenvalue weighted by molar-refractivity contribution is -0.149. The number of fused-ring (bicyclic) bond motifs is 2. The summed E-state index contributed by atoms with van der Waals surface area (Å²) in [7, 11) is 0. The Morgan fingerprint density at radius 1 is 1.30 bits per heavy atom. The molecule has 2 heterocycles. The van der Waals surface area contributed by atoms with Crippen LogP contribution in [0.15, 0.2) is 18.2 Å². The molecule has 0 spiro atoms. The van der Waals surface area contributed by atoms with Crippen molar-refractivity contribution < 1.29 is 19.4 Å². The van der Waals surface area contributed by atoms with Crippen molar-refractivity contribution in [3.63, 3.8) is 0 Å². The van der Waals surface area contributed by atoms with Gasteiger partial charge in [-0.15, -0.1) is 0 Å². The highest BCUT2D eigenvalue weighted by Gasteiger charge is 2.49. The molecule has 122 valence electrons. The highest BCUT2D eigenvalue weighted by Crippen LogP contribution is 2.42. The second kappa shape index (κ2) is 5.55. The summed E-state index contributed by atoms with van der Waals surface area (Å²) in [6.07, 6.45) is 4.22. The molecule has 1 saturated heterocycles. The van der Waals surface area contributed by atoms with Crippen LogP contribution in [0, 0.1) is 11.8 Å². The average Bonchev–Trinajstić information content (AvgIpc) is 3.20. The van der Waals surface area contributed by atoms with Gasteiger partial charge in [0.15, 0.2) is 0 Å². The highest BCUT2D eigenvalue weighted by atomic mass is 16.5. The Hall–Kier alpha value is -2.04. The normalized spacial score (nSPS) is 28.3. The van der Waals surface area contributed by atoms with Gasteiger partial charge in [0, 0.05) is 13.0 Å². The number of likely N-dealkylation sites (tertiary alicyclic amines) is 1. The third-order valence-electron chi connectivity index (χ3n) is 5.57. The van der Waals surface area contributed by atoms with Crippen molar-refractivity contribution in [3.05, 3.63) is 29.3 Å². The molecule has 4 rings (SSSR count). The van der Waals surface area contributed by atoms with Gasteiger partial charge in [-0.3, -0.25) is 4.79 Å². The number of carbonyl (C=O) groups excluding carboxylic acids is 1. The van der Waals surface area contributed by atoms with Gasteiger partial charge in [0.1, 0.15) is 11.8 Å². The van der Waals surface area contributed by atoms with Crippen LogP contribution in [0.3, 0.4) is 0 Å². The topological polar surface area (TPSA) is 66.8 Å². The number of hydrogen-bond donors (Lipinski definition) is 1. The zero-order valence-corrected chi connectivity index (χ0v) is 13.0. The van der Waals surface area contributed by atoms with Gasteiger partial charge in [-0.25, -0.2) is 4.79 Å². The molecule has 1 saturated carbocycles. The van der Waals surface area contributed by atoms with Gasteiger partial charge in [-0.2, -0.15) is 0 Å². The molecular weight excluding hydrogens is 294 g/mol. The van der Waals surface area contributed by atoms with Crippen LogP contribution in [-0.2, 0) is 22.4 Å². The SMILES string of the molecule is O=C(O)C1C2CCCC2CN1C(=O)Cc1ccc2c(c1)CCO2. The van der Waals surface area contributed by atoms with Crippen LogP contribution in [-0.4, -0.2) is 41.1 Å². The van der Waals surface area contributed by atoms with E-state index in [9.17, 15) is 14.7 Å². The lowest BCUT2D eigenvalue weighted by atomic mass is 9.94. The number of nitrogens with zero attached hydrogens (tertiary/aromatic N) is 1. The third-order valence-corrected chi connectivity index (χ3v) is 5.57. The Labute approximate surface area is 135 Å². The van der Waals surface area contributed by atoms with E-state index in [2.05, 4.69) is 0 Å². The first kappa shape index (κ1) is 14.5. The number of ether oxygens (including phenoxy) is 1. The van der Waals surface area contributed by atoms with Crippen molar-refractivity contribution in [2.24, 2.45) is 11.8 Å². The molecule has 1 amide bonds. The minimum atomic E-state index is -0.852. The van der Waals surface area contributed by atoms with Gasteiger partial charge < -0.3 is 14.7 Å². The summed E-state index contributed by atoms with van der Waals surface area (Å²) in [6, 6.07) is 5.22. The quantitative estimate of drug-likeness (QED) is 0.925. The minimum absolute atomic E-state index is 0.0642. The van der Waals surface area contributed by atoms with Gasteiger partial charge in [-0.05, 0) is 41.9 Å². The summed E-state index contributed by atoms with van der Waals surface area (Å²) in [5.41, 5.74) is 2.09. The molecule has 1 N–H and O–H groups in total. The predicted molar refractivity (Wildman–Crippen MR) is 83.3 cm³/mol. The first-order chi connectivity index (χ1) is 11.1. The van der Waals surface area contributed by atoms with E-state index in [0.717, 1.165) is 42.6 Å². The van der Waals surface area contributed by atoms with Crippen molar-refractivity contribution in [1.29, 1.82) is 0 Å². The van der Waals surface area contributed by atoms with Crippen molar-refractivity contribution in [3.8, 4) is 5.75 Å². The van der Waals surface area contributed by atoms with E-state index in [1.54, 1.807) is 4.90 Å². The lowest BCUT2D eigenvalue weighted by Crippen LogP contribution is -2.43. The number of rotatable bonds is 3. The smallest absolute Gasteiger partial charge is 0.326 e. The Kier molecular flexibility index (Phi) is 3.51. The second-order valence-corrected chi connectivity index (χ2v) is 6.90. The van der Waals surface area contributed by atoms with E-state index in [1.807, 2.05) is 18.2 Å². The summed E-state index contributed by atoms with van der Waals surface area (Å²) in [4.78, 5) is 26.0. The number of carbonyl (C=O) groups is 2. The molecule has 2 aliphatic heterocycles. The molecule has 1 aliphatic carbocycles. The molecule has 3 aliphatic rings. The molecule has 0 aromatic heterocycles. The fourth-order valence-electron chi connectivity index (χ4n) is 4.50. The summed E-state index contributed by atoms with van der Waals surface area (Å²) >= 11 is 0. The van der Waals surface area contributed by atoms with Gasteiger partial charge in [0.2, 0.25) is 5.91 Å². The molecule has 5 nitrogen and oxygen atoms in total. The van der Waals surface area contributed by atoms with Crippen molar-refractivity contribution in [2.45, 2.75) is 38.1 Å². The molecule has 0 bridgehead atoms. The fourth-order valence-corrected chi connectivity index (χ4v) is 4.50. The Morgan fingerprint density at radius 2 is 2.17 bits per heavy atom. The van der Waals surface area contributed by atoms with Gasteiger partial charge >= 0.3 is 5.97 Å². The molecule has 23 heavy (non-hydrogen) atoms. The van der Waals surface area contributed by atoms with E-state index in [1.165, 1.54) is 0 Å². The maximum absolute atomic E-state index is 12.7. The lowest BCUT2D eigenvalue weighted by Gasteiger charge is -2.24. The van der Waals surface area contributed by atoms with Crippen molar-refractivity contribution in [2.75, 3.05) is 13.2 Å². The number of carboxylic acid groups (broad SMARTS) is 1. The first-order valence-electron chi connectivity index (χ1n) is 8.40. The Balaban J connectivity index is 1.51. The zero-order valence-electron chi connectivity index (χ0n) is 13.0. The summed E-state index contributed by atoms with van der Waals surface area (Å²) in [6.45, 7) is 1.30. The summed E-state index contributed by atoms with van der Waals surface area (Å²) in [5, 5.41) is 9.56. The molecule has 5 heteroatoms. The largest absolute Gasteiger partial charge is 0.493 e. The number of carboxylic acids is 1. The molecule has 3 unspecified atom stereocenters. The maximum atomic E-state index is 12.7. The number of amides is 1. The van der Waals surface area contributed by atoms with Crippen LogP contribution in [0.25, 0.3) is 0 Å². The second-order valence-electron chi connectivity index (χ2n) is 6.90. The molecule has 0 radical (unpaired) electrons. The van der Waals surface area contributed by atoms with E-state index >= 15 is 0 Å². The zero-order chi connectivity index (χ0) is 16.0. The average molecular weight is 315 g/mol. The molecular formula is C18H21NO4. The summed E-state index contributed by atoms with van der Waals surface area (Å²) in [5.74, 6) is 0.499. The van der Waals surface area contributed by atoms with E-state index in [0.29, 0.717) is 19.1 Å². The Bertz CT molecular complexity index is 656. The van der Waals surface area contributed by atoms with E-state index in [-0.39, 0.29) is 18.2 Å². The molecule has 1 aromatic rings. The molecule has 3 atom stereocenters. The standard InChI is InChI=1S/C18H21NO4/c20-16(9-11-4-5-15-12(8-11)6-7-23-15)19-10-13-2-1-3-14(13)17(19)18(21)22/h4-5,8,13-14,17H,1-3,6-7,9-10H2,(H,21,22). The maximum Gasteiger partial charge on any atom is 0.326 e. The fraction of sp³-hybridized carbons (Fsp3) is 0.556. The van der Waals surface area contributed by atoms with Crippen LogP contribution in [0.2, 0.25) is 0 Å². The highest BCUT2D eigenvalue weighted by molar-refractivity contribution is 5.86. The molecule has 1 aromatic carbocycles. The Morgan fingerprint density at radius 3 is 3.00 bits per heavy atom. The van der Waals surface area contributed by atoms with Crippen LogP contribution in [0.4, 0.5) is 0 Å². The summed E-state index contributed by atoms with van der Waals surface area (Å²) < 4.78 is 5.48. The number of aliphatic carboxylic acids is 1. The first-order valence-corrected chi connectivity index (χ1v) is 8.40. The van der Waals surface area contributed by atoms with Crippen LogP contribution >= 0.6 is 0 Å². The number of hydrogen-bond acceptors (Lipinski definition) is 3.